The van der Waals surface area contributed by atoms with Crippen LogP contribution in [0.5, 0.6) is 0 Å². The van der Waals surface area contributed by atoms with Crippen molar-refractivity contribution in [3.05, 3.63) is 65.2 Å². The average Bonchev–Trinajstić information content (AvgIpc) is 2.98. The molecular formula is C20H25N3O. The van der Waals surface area contributed by atoms with Crippen LogP contribution in [0.25, 0.3) is 0 Å². The van der Waals surface area contributed by atoms with Crippen LogP contribution in [-0.4, -0.2) is 30.1 Å². The molecule has 126 valence electrons. The standard InChI is InChI=1S/C20H25N3O/c1-15-8-9-16(2)19(12-15)22-20(24)21-18-10-11-23(14-18)13-17-6-4-3-5-7-17/h3-9,12,18H,10-11,13-14H2,1-2H3,(H2,21,22,24). The minimum atomic E-state index is -0.115. The maximum atomic E-state index is 12.3. The molecule has 24 heavy (non-hydrogen) atoms. The fourth-order valence-electron chi connectivity index (χ4n) is 3.15. The first-order valence-corrected chi connectivity index (χ1v) is 8.51. The van der Waals surface area contributed by atoms with Crippen molar-refractivity contribution in [1.82, 2.24) is 10.2 Å². The maximum absolute atomic E-state index is 12.3. The molecule has 2 amide bonds. The van der Waals surface area contributed by atoms with Gasteiger partial charge in [0.05, 0.1) is 0 Å². The number of amides is 2. The van der Waals surface area contributed by atoms with Crippen LogP contribution in [-0.2, 0) is 6.54 Å². The normalized spacial score (nSPS) is 17.7. The van der Waals surface area contributed by atoms with E-state index in [1.54, 1.807) is 0 Å². The van der Waals surface area contributed by atoms with E-state index in [0.717, 1.165) is 42.9 Å². The zero-order valence-electron chi connectivity index (χ0n) is 14.4. The number of urea groups is 1. The molecule has 3 rings (SSSR count). The summed E-state index contributed by atoms with van der Waals surface area (Å²) in [5.74, 6) is 0. The number of hydrogen-bond acceptors (Lipinski definition) is 2. The molecule has 2 aromatic rings. The molecule has 0 radical (unpaired) electrons. The number of anilines is 1. The SMILES string of the molecule is Cc1ccc(C)c(NC(=O)NC2CCN(Cc3ccccc3)C2)c1. The zero-order chi connectivity index (χ0) is 16.9. The monoisotopic (exact) mass is 323 g/mol. The lowest BCUT2D eigenvalue weighted by atomic mass is 10.1. The molecule has 1 aliphatic heterocycles. The van der Waals surface area contributed by atoms with Gasteiger partial charge in [0.25, 0.3) is 0 Å². The van der Waals surface area contributed by atoms with Crippen LogP contribution in [0, 0.1) is 13.8 Å². The molecule has 0 aromatic heterocycles. The Morgan fingerprint density at radius 3 is 2.75 bits per heavy atom. The Hall–Kier alpha value is -2.33. The quantitative estimate of drug-likeness (QED) is 0.901. The molecule has 1 fully saturated rings. The number of aryl methyl sites for hydroxylation is 2. The average molecular weight is 323 g/mol. The van der Waals surface area contributed by atoms with Crippen LogP contribution in [0.2, 0.25) is 0 Å². The number of carbonyl (C=O) groups excluding carboxylic acids is 1. The molecule has 1 aliphatic rings. The number of nitrogens with zero attached hydrogens (tertiary/aromatic N) is 1. The van der Waals surface area contributed by atoms with Crippen LogP contribution >= 0.6 is 0 Å². The molecule has 1 saturated heterocycles. The first-order chi connectivity index (χ1) is 11.6. The smallest absolute Gasteiger partial charge is 0.319 e. The van der Waals surface area contributed by atoms with E-state index in [1.807, 2.05) is 32.0 Å². The van der Waals surface area contributed by atoms with Crippen LogP contribution in [0.15, 0.2) is 48.5 Å². The predicted octanol–water partition coefficient (Wildman–Crippen LogP) is 3.70. The first kappa shape index (κ1) is 16.5. The van der Waals surface area contributed by atoms with Gasteiger partial charge in [-0.3, -0.25) is 4.90 Å². The van der Waals surface area contributed by atoms with Crippen LogP contribution in [0.4, 0.5) is 10.5 Å². The minimum absolute atomic E-state index is 0.115. The topological polar surface area (TPSA) is 44.4 Å². The van der Waals surface area contributed by atoms with E-state index in [-0.39, 0.29) is 12.1 Å². The van der Waals surface area contributed by atoms with Crippen molar-refractivity contribution in [2.24, 2.45) is 0 Å². The lowest BCUT2D eigenvalue weighted by Crippen LogP contribution is -2.39. The molecule has 4 nitrogen and oxygen atoms in total. The van der Waals surface area contributed by atoms with E-state index >= 15 is 0 Å². The van der Waals surface area contributed by atoms with Gasteiger partial charge in [0, 0.05) is 31.4 Å². The summed E-state index contributed by atoms with van der Waals surface area (Å²) < 4.78 is 0. The van der Waals surface area contributed by atoms with E-state index in [2.05, 4.69) is 45.9 Å². The van der Waals surface area contributed by atoms with Gasteiger partial charge in [-0.2, -0.15) is 0 Å². The van der Waals surface area contributed by atoms with E-state index in [1.165, 1.54) is 5.56 Å². The van der Waals surface area contributed by atoms with Crippen molar-refractivity contribution in [1.29, 1.82) is 0 Å². The Labute approximate surface area is 143 Å². The molecule has 2 aromatic carbocycles. The van der Waals surface area contributed by atoms with Gasteiger partial charge in [0.1, 0.15) is 0 Å². The summed E-state index contributed by atoms with van der Waals surface area (Å²) >= 11 is 0. The summed E-state index contributed by atoms with van der Waals surface area (Å²) in [6.45, 7) is 6.89. The van der Waals surface area contributed by atoms with Crippen LogP contribution in [0.1, 0.15) is 23.1 Å². The van der Waals surface area contributed by atoms with Gasteiger partial charge in [0.2, 0.25) is 0 Å². The fourth-order valence-corrected chi connectivity index (χ4v) is 3.15. The third kappa shape index (κ3) is 4.36. The highest BCUT2D eigenvalue weighted by molar-refractivity contribution is 5.90. The van der Waals surface area contributed by atoms with Crippen molar-refractivity contribution < 1.29 is 4.79 Å². The summed E-state index contributed by atoms with van der Waals surface area (Å²) in [7, 11) is 0. The number of benzene rings is 2. The molecule has 0 aliphatic carbocycles. The zero-order valence-corrected chi connectivity index (χ0v) is 14.4. The molecule has 1 heterocycles. The van der Waals surface area contributed by atoms with Gasteiger partial charge in [-0.25, -0.2) is 4.79 Å². The van der Waals surface area contributed by atoms with Crippen molar-refractivity contribution in [3.63, 3.8) is 0 Å². The van der Waals surface area contributed by atoms with Gasteiger partial charge < -0.3 is 10.6 Å². The largest absolute Gasteiger partial charge is 0.334 e. The number of rotatable bonds is 4. The second-order valence-corrected chi connectivity index (χ2v) is 6.62. The van der Waals surface area contributed by atoms with Gasteiger partial charge in [-0.15, -0.1) is 0 Å². The summed E-state index contributed by atoms with van der Waals surface area (Å²) in [5.41, 5.74) is 4.42. The molecule has 0 spiro atoms. The Morgan fingerprint density at radius 2 is 1.96 bits per heavy atom. The molecule has 2 N–H and O–H groups in total. The molecule has 1 unspecified atom stereocenters. The van der Waals surface area contributed by atoms with Crippen molar-refractivity contribution in [3.8, 4) is 0 Å². The van der Waals surface area contributed by atoms with Crippen molar-refractivity contribution in [2.75, 3.05) is 18.4 Å². The van der Waals surface area contributed by atoms with Gasteiger partial charge in [0.15, 0.2) is 0 Å². The van der Waals surface area contributed by atoms with E-state index in [9.17, 15) is 4.79 Å². The lowest BCUT2D eigenvalue weighted by molar-refractivity contribution is 0.247. The first-order valence-electron chi connectivity index (χ1n) is 8.51. The second kappa shape index (κ2) is 7.49. The molecule has 0 saturated carbocycles. The van der Waals surface area contributed by atoms with Gasteiger partial charge in [-0.05, 0) is 43.0 Å². The Kier molecular flexibility index (Phi) is 5.16. The lowest BCUT2D eigenvalue weighted by Gasteiger charge is -2.17. The number of likely N-dealkylation sites (tertiary alicyclic amines) is 1. The summed E-state index contributed by atoms with van der Waals surface area (Å²) in [4.78, 5) is 14.6. The highest BCUT2D eigenvalue weighted by atomic mass is 16.2. The summed E-state index contributed by atoms with van der Waals surface area (Å²) in [6, 6.07) is 16.6. The number of nitrogens with one attached hydrogen (secondary N) is 2. The maximum Gasteiger partial charge on any atom is 0.319 e. The minimum Gasteiger partial charge on any atom is -0.334 e. The highest BCUT2D eigenvalue weighted by Crippen LogP contribution is 2.17. The van der Waals surface area contributed by atoms with Crippen LogP contribution in [0.3, 0.4) is 0 Å². The molecule has 4 heteroatoms. The van der Waals surface area contributed by atoms with E-state index in [4.69, 9.17) is 0 Å². The fraction of sp³-hybridized carbons (Fsp3) is 0.350. The third-order valence-electron chi connectivity index (χ3n) is 4.50. The van der Waals surface area contributed by atoms with E-state index < -0.39 is 0 Å². The van der Waals surface area contributed by atoms with E-state index in [0.29, 0.717) is 0 Å². The highest BCUT2D eigenvalue weighted by Gasteiger charge is 2.23. The van der Waals surface area contributed by atoms with Crippen LogP contribution < -0.4 is 10.6 Å². The van der Waals surface area contributed by atoms with Crippen molar-refractivity contribution in [2.45, 2.75) is 32.9 Å². The van der Waals surface area contributed by atoms with Crippen molar-refractivity contribution >= 4 is 11.7 Å². The second-order valence-electron chi connectivity index (χ2n) is 6.62. The number of carbonyl (C=O) groups is 1. The van der Waals surface area contributed by atoms with Gasteiger partial charge in [-0.1, -0.05) is 42.5 Å². The molecule has 0 bridgehead atoms. The predicted molar refractivity (Wildman–Crippen MR) is 98.2 cm³/mol. The molecular weight excluding hydrogens is 298 g/mol. The Morgan fingerprint density at radius 1 is 1.17 bits per heavy atom. The van der Waals surface area contributed by atoms with Gasteiger partial charge >= 0.3 is 6.03 Å². The Bertz CT molecular complexity index is 699. The Balaban J connectivity index is 1.50. The summed E-state index contributed by atoms with van der Waals surface area (Å²) in [6.07, 6.45) is 0.993. The molecule has 1 atom stereocenters. The number of hydrogen-bond donors (Lipinski definition) is 2. The summed E-state index contributed by atoms with van der Waals surface area (Å²) in [5, 5.41) is 6.07. The third-order valence-corrected chi connectivity index (χ3v) is 4.50.